The van der Waals surface area contributed by atoms with Gasteiger partial charge in [0.15, 0.2) is 0 Å². The smallest absolute Gasteiger partial charge is 0.0811 e. The van der Waals surface area contributed by atoms with E-state index in [0.717, 1.165) is 29.9 Å². The second-order valence-corrected chi connectivity index (χ2v) is 10.9. The van der Waals surface area contributed by atoms with Gasteiger partial charge in [-0.05, 0) is 80.3 Å². The lowest BCUT2D eigenvalue weighted by atomic mass is 9.66. The largest absolute Gasteiger partial charge is 0.393 e. The SMILES string of the molecule is C=C1/C(=C/C=C/[C@@H]2CC[C@H]([C@H](C)CCCC(C)(C)O)[C@@]2(C)CCC)C[C@@H](O)C[C@@H]1O. The Morgan fingerprint density at radius 3 is 2.60 bits per heavy atom. The van der Waals surface area contributed by atoms with Crippen LogP contribution in [0, 0.1) is 23.2 Å². The first-order chi connectivity index (χ1) is 14.0. The van der Waals surface area contributed by atoms with E-state index in [-0.39, 0.29) is 0 Å². The third kappa shape index (κ3) is 6.55. The summed E-state index contributed by atoms with van der Waals surface area (Å²) in [4.78, 5) is 0. The van der Waals surface area contributed by atoms with Gasteiger partial charge in [0.2, 0.25) is 0 Å². The molecule has 0 aromatic carbocycles. The van der Waals surface area contributed by atoms with E-state index in [1.807, 2.05) is 13.8 Å². The van der Waals surface area contributed by atoms with Crippen molar-refractivity contribution >= 4 is 0 Å². The van der Waals surface area contributed by atoms with Gasteiger partial charge in [-0.25, -0.2) is 0 Å². The highest BCUT2D eigenvalue weighted by Gasteiger charge is 2.46. The van der Waals surface area contributed by atoms with Crippen LogP contribution in [0.15, 0.2) is 36.0 Å². The molecular weight excluding hydrogens is 372 g/mol. The highest BCUT2D eigenvalue weighted by atomic mass is 16.3. The van der Waals surface area contributed by atoms with Gasteiger partial charge in [0, 0.05) is 6.42 Å². The number of aliphatic hydroxyl groups is 3. The number of allylic oxidation sites excluding steroid dienone is 3. The van der Waals surface area contributed by atoms with E-state index in [1.165, 1.54) is 32.1 Å². The molecule has 2 aliphatic rings. The second kappa shape index (κ2) is 10.6. The van der Waals surface area contributed by atoms with Crippen molar-refractivity contribution in [1.82, 2.24) is 0 Å². The Hall–Kier alpha value is -0.900. The maximum atomic E-state index is 10.1. The lowest BCUT2D eigenvalue weighted by Gasteiger charge is -2.39. The first-order valence-corrected chi connectivity index (χ1v) is 12.1. The minimum atomic E-state index is -0.626. The molecule has 0 aliphatic heterocycles. The van der Waals surface area contributed by atoms with Crippen molar-refractivity contribution in [2.75, 3.05) is 0 Å². The van der Waals surface area contributed by atoms with Crippen molar-refractivity contribution in [3.05, 3.63) is 36.0 Å². The summed E-state index contributed by atoms with van der Waals surface area (Å²) < 4.78 is 0. The molecule has 2 fully saturated rings. The summed E-state index contributed by atoms with van der Waals surface area (Å²) in [5.41, 5.74) is 1.47. The Bertz CT molecular complexity index is 627. The third-order valence-electron chi connectivity index (χ3n) is 7.81. The Kier molecular flexibility index (Phi) is 8.97. The fourth-order valence-electron chi connectivity index (χ4n) is 6.07. The Morgan fingerprint density at radius 2 is 1.97 bits per heavy atom. The molecule has 0 heterocycles. The summed E-state index contributed by atoms with van der Waals surface area (Å²) in [6, 6.07) is 0. The summed E-state index contributed by atoms with van der Waals surface area (Å²) in [6.45, 7) is 15.0. The fourth-order valence-corrected chi connectivity index (χ4v) is 6.07. The normalized spacial score (nSPS) is 35.5. The van der Waals surface area contributed by atoms with Crippen molar-refractivity contribution in [2.24, 2.45) is 23.2 Å². The highest BCUT2D eigenvalue weighted by Crippen LogP contribution is 2.55. The van der Waals surface area contributed by atoms with Gasteiger partial charge in [0.25, 0.3) is 0 Å². The maximum absolute atomic E-state index is 10.1. The van der Waals surface area contributed by atoms with E-state index in [1.54, 1.807) is 0 Å². The van der Waals surface area contributed by atoms with Gasteiger partial charge in [-0.15, -0.1) is 0 Å². The molecule has 0 aromatic heterocycles. The summed E-state index contributed by atoms with van der Waals surface area (Å²) in [5.74, 6) is 1.95. The van der Waals surface area contributed by atoms with Crippen molar-refractivity contribution in [3.8, 4) is 0 Å². The average molecular weight is 419 g/mol. The minimum Gasteiger partial charge on any atom is -0.393 e. The van der Waals surface area contributed by atoms with E-state index < -0.39 is 17.8 Å². The van der Waals surface area contributed by atoms with Gasteiger partial charge >= 0.3 is 0 Å². The Labute approximate surface area is 185 Å². The minimum absolute atomic E-state index is 0.306. The van der Waals surface area contributed by atoms with Gasteiger partial charge in [-0.1, -0.05) is 64.8 Å². The standard InChI is InChI=1S/C27H46O3/c1-7-15-27(6)22(12-8-11-21-17-23(28)18-25(29)20(21)3)13-14-24(27)19(2)10-9-16-26(4,5)30/h8,11-12,19,22-25,28-30H,3,7,9-10,13-18H2,1-2,4-6H3/b12-8+,21-11+/t19-,22-,23-,24-,25+,27+/m1/s1. The van der Waals surface area contributed by atoms with Crippen molar-refractivity contribution in [1.29, 1.82) is 0 Å². The van der Waals surface area contributed by atoms with Crippen molar-refractivity contribution in [2.45, 2.75) is 110 Å². The van der Waals surface area contributed by atoms with Gasteiger partial charge in [0.1, 0.15) is 0 Å². The quantitative estimate of drug-likeness (QED) is 0.433. The monoisotopic (exact) mass is 418 g/mol. The molecule has 0 spiro atoms. The van der Waals surface area contributed by atoms with Gasteiger partial charge in [0.05, 0.1) is 17.8 Å². The van der Waals surface area contributed by atoms with E-state index in [9.17, 15) is 15.3 Å². The van der Waals surface area contributed by atoms with Crippen LogP contribution in [0.5, 0.6) is 0 Å². The molecule has 2 saturated carbocycles. The second-order valence-electron chi connectivity index (χ2n) is 10.9. The van der Waals surface area contributed by atoms with Gasteiger partial charge in [-0.2, -0.15) is 0 Å². The molecule has 3 N–H and O–H groups in total. The molecule has 0 bridgehead atoms. The fraction of sp³-hybridized carbons (Fsp3) is 0.778. The van der Waals surface area contributed by atoms with E-state index in [2.05, 4.69) is 45.6 Å². The van der Waals surface area contributed by atoms with Crippen LogP contribution in [-0.2, 0) is 0 Å². The number of hydrogen-bond donors (Lipinski definition) is 3. The molecule has 172 valence electrons. The average Bonchev–Trinajstić information content (AvgIpc) is 2.94. The van der Waals surface area contributed by atoms with Crippen LogP contribution in [0.4, 0.5) is 0 Å². The van der Waals surface area contributed by atoms with Crippen LogP contribution in [0.25, 0.3) is 0 Å². The highest BCUT2D eigenvalue weighted by molar-refractivity contribution is 5.37. The van der Waals surface area contributed by atoms with Crippen molar-refractivity contribution in [3.63, 3.8) is 0 Å². The van der Waals surface area contributed by atoms with Crippen molar-refractivity contribution < 1.29 is 15.3 Å². The van der Waals surface area contributed by atoms with Crippen LogP contribution in [0.1, 0.15) is 92.4 Å². The first-order valence-electron chi connectivity index (χ1n) is 12.1. The summed E-state index contributed by atoms with van der Waals surface area (Å²) in [6.07, 6.45) is 14.5. The Balaban J connectivity index is 2.06. The molecule has 0 unspecified atom stereocenters. The number of aliphatic hydroxyl groups excluding tert-OH is 2. The molecule has 2 aliphatic carbocycles. The molecule has 30 heavy (non-hydrogen) atoms. The molecule has 6 atom stereocenters. The molecule has 3 heteroatoms. The van der Waals surface area contributed by atoms with E-state index >= 15 is 0 Å². The van der Waals surface area contributed by atoms with Gasteiger partial charge in [-0.3, -0.25) is 0 Å². The van der Waals surface area contributed by atoms with Crippen LogP contribution >= 0.6 is 0 Å². The zero-order valence-electron chi connectivity index (χ0n) is 20.0. The molecule has 0 amide bonds. The number of hydrogen-bond acceptors (Lipinski definition) is 3. The topological polar surface area (TPSA) is 60.7 Å². The molecule has 0 saturated heterocycles. The zero-order chi connectivity index (χ0) is 22.5. The lowest BCUT2D eigenvalue weighted by molar-refractivity contribution is 0.0619. The van der Waals surface area contributed by atoms with Crippen LogP contribution in [0.3, 0.4) is 0 Å². The van der Waals surface area contributed by atoms with E-state index in [4.69, 9.17) is 0 Å². The predicted molar refractivity (Wildman–Crippen MR) is 126 cm³/mol. The molecular formula is C27H46O3. The molecule has 0 aromatic rings. The molecule has 2 rings (SSSR count). The molecule has 3 nitrogen and oxygen atoms in total. The van der Waals surface area contributed by atoms with E-state index in [0.29, 0.717) is 30.1 Å². The number of rotatable bonds is 9. The Morgan fingerprint density at radius 1 is 1.27 bits per heavy atom. The molecule has 0 radical (unpaired) electrons. The summed E-state index contributed by atoms with van der Waals surface area (Å²) in [5, 5.41) is 30.1. The van der Waals surface area contributed by atoms with Crippen LogP contribution < -0.4 is 0 Å². The van der Waals surface area contributed by atoms with Crippen LogP contribution in [0.2, 0.25) is 0 Å². The first kappa shape index (κ1) is 25.4. The van der Waals surface area contributed by atoms with Gasteiger partial charge < -0.3 is 15.3 Å². The zero-order valence-corrected chi connectivity index (χ0v) is 20.0. The summed E-state index contributed by atoms with van der Waals surface area (Å²) in [7, 11) is 0. The predicted octanol–water partition coefficient (Wildman–Crippen LogP) is 5.95. The third-order valence-corrected chi connectivity index (χ3v) is 7.81. The van der Waals surface area contributed by atoms with Crippen LogP contribution in [-0.4, -0.2) is 33.1 Å². The maximum Gasteiger partial charge on any atom is 0.0811 e. The summed E-state index contributed by atoms with van der Waals surface area (Å²) >= 11 is 0. The lowest BCUT2D eigenvalue weighted by Crippen LogP contribution is -2.32.